The summed E-state index contributed by atoms with van der Waals surface area (Å²) in [4.78, 5) is 0. The highest BCUT2D eigenvalue weighted by Gasteiger charge is 2.43. The fourth-order valence-corrected chi connectivity index (χ4v) is 2.89. The Morgan fingerprint density at radius 1 is 1.33 bits per heavy atom. The van der Waals surface area contributed by atoms with Crippen molar-refractivity contribution in [2.24, 2.45) is 5.41 Å². The van der Waals surface area contributed by atoms with Crippen LogP contribution in [0.1, 0.15) is 39.0 Å². The lowest BCUT2D eigenvalue weighted by molar-refractivity contribution is 0.441. The largest absolute Gasteiger partial charge is 0.313 e. The summed E-state index contributed by atoms with van der Waals surface area (Å²) >= 11 is 0. The van der Waals surface area contributed by atoms with Crippen LogP contribution in [0, 0.1) is 5.41 Å². The van der Waals surface area contributed by atoms with E-state index >= 15 is 0 Å². The van der Waals surface area contributed by atoms with Crippen LogP contribution >= 0.6 is 0 Å². The predicted molar refractivity (Wildman–Crippen MR) is 61.6 cm³/mol. The molecule has 0 heterocycles. The van der Waals surface area contributed by atoms with Crippen molar-refractivity contribution < 1.29 is 8.42 Å². The number of rotatable bonds is 7. The van der Waals surface area contributed by atoms with Crippen LogP contribution in [0.2, 0.25) is 0 Å². The SMILES string of the molecule is CCS(=O)(=O)CCC1(CNC2CC2)CC1. The number of hydrogen-bond donors (Lipinski definition) is 1. The molecule has 2 saturated carbocycles. The van der Waals surface area contributed by atoms with Crippen molar-refractivity contribution in [2.75, 3.05) is 18.1 Å². The Hall–Kier alpha value is -0.0900. The predicted octanol–water partition coefficient (Wildman–Crippen LogP) is 1.34. The summed E-state index contributed by atoms with van der Waals surface area (Å²) in [5.74, 6) is 0.676. The van der Waals surface area contributed by atoms with Crippen LogP contribution in [0.15, 0.2) is 0 Å². The third-order valence-electron chi connectivity index (χ3n) is 3.68. The summed E-state index contributed by atoms with van der Waals surface area (Å²) in [6, 6.07) is 0.741. The molecule has 4 heteroatoms. The highest BCUT2D eigenvalue weighted by atomic mass is 32.2. The van der Waals surface area contributed by atoms with Gasteiger partial charge in [0.1, 0.15) is 9.84 Å². The minimum atomic E-state index is -2.76. The zero-order valence-corrected chi connectivity index (χ0v) is 10.3. The van der Waals surface area contributed by atoms with Gasteiger partial charge in [0.25, 0.3) is 0 Å². The van der Waals surface area contributed by atoms with Crippen molar-refractivity contribution in [1.29, 1.82) is 0 Å². The maximum absolute atomic E-state index is 11.4. The lowest BCUT2D eigenvalue weighted by atomic mass is 10.0. The van der Waals surface area contributed by atoms with Gasteiger partial charge in [-0.2, -0.15) is 0 Å². The fourth-order valence-electron chi connectivity index (χ4n) is 1.86. The van der Waals surface area contributed by atoms with Crippen molar-refractivity contribution in [2.45, 2.75) is 45.1 Å². The molecule has 0 radical (unpaired) electrons. The van der Waals surface area contributed by atoms with Gasteiger partial charge in [-0.3, -0.25) is 0 Å². The van der Waals surface area contributed by atoms with Crippen molar-refractivity contribution in [3.05, 3.63) is 0 Å². The van der Waals surface area contributed by atoms with Gasteiger partial charge in [0.15, 0.2) is 0 Å². The molecule has 0 aromatic carbocycles. The average molecular weight is 231 g/mol. The summed E-state index contributed by atoms with van der Waals surface area (Å²) < 4.78 is 22.8. The quantitative estimate of drug-likeness (QED) is 0.719. The normalized spacial score (nSPS) is 24.1. The molecule has 2 aliphatic carbocycles. The first-order valence-corrected chi connectivity index (χ1v) is 7.81. The van der Waals surface area contributed by atoms with Crippen LogP contribution in [-0.2, 0) is 9.84 Å². The van der Waals surface area contributed by atoms with Crippen LogP contribution in [0.3, 0.4) is 0 Å². The van der Waals surface area contributed by atoms with E-state index in [1.165, 1.54) is 25.7 Å². The zero-order chi connectivity index (χ0) is 10.9. The lowest BCUT2D eigenvalue weighted by Crippen LogP contribution is -2.27. The van der Waals surface area contributed by atoms with E-state index in [1.807, 2.05) is 0 Å². The van der Waals surface area contributed by atoms with Gasteiger partial charge in [-0.1, -0.05) is 6.92 Å². The summed E-state index contributed by atoms with van der Waals surface area (Å²) in [6.45, 7) is 2.77. The molecule has 2 aliphatic rings. The molecule has 3 nitrogen and oxygen atoms in total. The van der Waals surface area contributed by atoms with E-state index in [0.29, 0.717) is 16.9 Å². The monoisotopic (exact) mass is 231 g/mol. The van der Waals surface area contributed by atoms with Gasteiger partial charge in [-0.15, -0.1) is 0 Å². The second-order valence-corrected chi connectivity index (χ2v) is 7.61. The minimum Gasteiger partial charge on any atom is -0.313 e. The summed E-state index contributed by atoms with van der Waals surface area (Å²) in [7, 11) is -2.76. The Bertz CT molecular complexity index is 315. The molecule has 1 N–H and O–H groups in total. The maximum Gasteiger partial charge on any atom is 0.150 e. The minimum absolute atomic E-state index is 0.291. The molecule has 0 amide bonds. The first kappa shape index (κ1) is 11.4. The van der Waals surface area contributed by atoms with Crippen LogP contribution in [-0.4, -0.2) is 32.5 Å². The van der Waals surface area contributed by atoms with E-state index in [1.54, 1.807) is 6.92 Å². The van der Waals surface area contributed by atoms with Gasteiger partial charge in [-0.05, 0) is 37.5 Å². The Labute approximate surface area is 92.6 Å². The van der Waals surface area contributed by atoms with Crippen LogP contribution in [0.4, 0.5) is 0 Å². The molecule has 0 aromatic heterocycles. The third-order valence-corrected chi connectivity index (χ3v) is 5.39. The van der Waals surface area contributed by atoms with Crippen LogP contribution < -0.4 is 5.32 Å². The van der Waals surface area contributed by atoms with Crippen LogP contribution in [0.25, 0.3) is 0 Å². The van der Waals surface area contributed by atoms with Crippen molar-refractivity contribution >= 4 is 9.84 Å². The smallest absolute Gasteiger partial charge is 0.150 e. The van der Waals surface area contributed by atoms with E-state index in [2.05, 4.69) is 5.32 Å². The fraction of sp³-hybridized carbons (Fsp3) is 1.00. The Balaban J connectivity index is 1.72. The topological polar surface area (TPSA) is 46.2 Å². The van der Waals surface area contributed by atoms with E-state index in [9.17, 15) is 8.42 Å². The van der Waals surface area contributed by atoms with Crippen molar-refractivity contribution in [3.8, 4) is 0 Å². The standard InChI is InChI=1S/C11H21NO2S/c1-2-15(13,14)8-7-11(5-6-11)9-12-10-3-4-10/h10,12H,2-9H2,1H3. The summed E-state index contributed by atoms with van der Waals surface area (Å²) in [6.07, 6.45) is 5.91. The van der Waals surface area contributed by atoms with Crippen molar-refractivity contribution in [3.63, 3.8) is 0 Å². The maximum atomic E-state index is 11.4. The van der Waals surface area contributed by atoms with E-state index in [-0.39, 0.29) is 0 Å². The molecule has 15 heavy (non-hydrogen) atoms. The Kier molecular flexibility index (Phi) is 3.08. The Morgan fingerprint density at radius 3 is 2.47 bits per heavy atom. The van der Waals surface area contributed by atoms with Gasteiger partial charge in [0.2, 0.25) is 0 Å². The van der Waals surface area contributed by atoms with E-state index in [4.69, 9.17) is 0 Å². The van der Waals surface area contributed by atoms with Gasteiger partial charge in [-0.25, -0.2) is 8.42 Å². The molecule has 0 saturated heterocycles. The van der Waals surface area contributed by atoms with E-state index in [0.717, 1.165) is 19.0 Å². The van der Waals surface area contributed by atoms with Crippen LogP contribution in [0.5, 0.6) is 0 Å². The molecular weight excluding hydrogens is 210 g/mol. The molecule has 2 fully saturated rings. The second kappa shape index (κ2) is 4.06. The highest BCUT2D eigenvalue weighted by molar-refractivity contribution is 7.91. The summed E-state index contributed by atoms with van der Waals surface area (Å²) in [5.41, 5.74) is 0.338. The first-order chi connectivity index (χ1) is 7.05. The highest BCUT2D eigenvalue weighted by Crippen LogP contribution is 2.48. The Morgan fingerprint density at radius 2 is 2.00 bits per heavy atom. The van der Waals surface area contributed by atoms with E-state index < -0.39 is 9.84 Å². The third kappa shape index (κ3) is 3.45. The average Bonchev–Trinajstić information content (AvgIpc) is 3.08. The number of sulfone groups is 1. The number of nitrogens with one attached hydrogen (secondary N) is 1. The van der Waals surface area contributed by atoms with Gasteiger partial charge < -0.3 is 5.32 Å². The molecule has 0 aromatic rings. The lowest BCUT2D eigenvalue weighted by Gasteiger charge is -2.15. The summed E-state index contributed by atoms with van der Waals surface area (Å²) in [5, 5.41) is 3.52. The molecule has 0 aliphatic heterocycles. The molecule has 0 spiro atoms. The molecule has 2 rings (SSSR count). The first-order valence-electron chi connectivity index (χ1n) is 5.99. The number of hydrogen-bond acceptors (Lipinski definition) is 3. The second-order valence-electron chi connectivity index (χ2n) is 5.14. The van der Waals surface area contributed by atoms with Gasteiger partial charge >= 0.3 is 0 Å². The molecule has 0 atom stereocenters. The zero-order valence-electron chi connectivity index (χ0n) is 9.46. The molecular formula is C11H21NO2S. The molecule has 0 bridgehead atoms. The van der Waals surface area contributed by atoms with Gasteiger partial charge in [0.05, 0.1) is 5.75 Å². The molecule has 0 unspecified atom stereocenters. The van der Waals surface area contributed by atoms with Gasteiger partial charge in [0, 0.05) is 18.3 Å². The molecule has 88 valence electrons. The van der Waals surface area contributed by atoms with Crippen molar-refractivity contribution in [1.82, 2.24) is 5.32 Å².